The van der Waals surface area contributed by atoms with Crippen LogP contribution in [0, 0.1) is 5.41 Å². The molecule has 0 rings (SSSR count). The van der Waals surface area contributed by atoms with Crippen molar-refractivity contribution in [2.24, 2.45) is 5.41 Å². The summed E-state index contributed by atoms with van der Waals surface area (Å²) in [6.07, 6.45) is 0.483. The Bertz CT molecular complexity index is 435. The summed E-state index contributed by atoms with van der Waals surface area (Å²) in [4.78, 5) is 24.4. The molecule has 4 nitrogen and oxygen atoms in total. The van der Waals surface area contributed by atoms with Gasteiger partial charge in [-0.15, -0.1) is 13.2 Å². The number of carbonyl (C=O) groups is 2. The summed E-state index contributed by atoms with van der Waals surface area (Å²) in [6.45, 7) is 8.42. The van der Waals surface area contributed by atoms with Gasteiger partial charge in [-0.3, -0.25) is 9.59 Å². The van der Waals surface area contributed by atoms with Crippen molar-refractivity contribution >= 4 is 11.9 Å². The van der Waals surface area contributed by atoms with E-state index < -0.39 is 31.4 Å². The van der Waals surface area contributed by atoms with Crippen LogP contribution in [0.25, 0.3) is 0 Å². The molecule has 0 saturated heterocycles. The van der Waals surface area contributed by atoms with Gasteiger partial charge in [0.15, 0.2) is 5.41 Å². The lowest BCUT2D eigenvalue weighted by Gasteiger charge is -2.27. The molecular weight excluding hydrogens is 208 g/mol. The molecule has 16 heavy (non-hydrogen) atoms. The van der Waals surface area contributed by atoms with E-state index >= 15 is 0 Å². The molecule has 0 spiro atoms. The van der Waals surface area contributed by atoms with E-state index in [1.54, 1.807) is 0 Å². The van der Waals surface area contributed by atoms with Crippen molar-refractivity contribution in [2.45, 2.75) is 19.8 Å². The Hall–Kier alpha value is -1.58. The van der Waals surface area contributed by atoms with Crippen LogP contribution in [0.3, 0.4) is 0 Å². The third kappa shape index (κ3) is 2.95. The van der Waals surface area contributed by atoms with E-state index in [2.05, 4.69) is 22.6 Å². The van der Waals surface area contributed by atoms with Gasteiger partial charge in [0, 0.05) is 0 Å². The predicted octanol–water partition coefficient (Wildman–Crippen LogP) is 1.86. The number of hydrogen-bond acceptors (Lipinski definition) is 4. The standard InChI is InChI=1S/C12H18O4/c1-6-7-12(8-9(2)3,10(13)15-4)11(14)16-5/h6H,1-2,7-8H2,3-5H3/i4D3,5D3. The van der Waals surface area contributed by atoms with Crippen LogP contribution in [0.15, 0.2) is 24.8 Å². The molecule has 0 unspecified atom stereocenters. The quantitative estimate of drug-likeness (QED) is 0.398. The largest absolute Gasteiger partial charge is 0.468 e. The zero-order valence-corrected chi connectivity index (χ0v) is 9.04. The first-order valence-electron chi connectivity index (χ1n) is 7.46. The molecular formula is C12H18O4. The van der Waals surface area contributed by atoms with Gasteiger partial charge in [-0.05, 0) is 19.8 Å². The number of allylic oxidation sites excluding steroid dienone is 2. The van der Waals surface area contributed by atoms with Gasteiger partial charge in [-0.1, -0.05) is 11.6 Å². The molecule has 0 N–H and O–H groups in total. The first kappa shape index (κ1) is 6.89. The molecule has 0 aliphatic heterocycles. The summed E-state index contributed by atoms with van der Waals surface area (Å²) in [5.74, 6) is -2.82. The fourth-order valence-electron chi connectivity index (χ4n) is 1.42. The lowest BCUT2D eigenvalue weighted by molar-refractivity contribution is -0.168. The van der Waals surface area contributed by atoms with Crippen molar-refractivity contribution in [3.8, 4) is 0 Å². The van der Waals surface area contributed by atoms with Crippen molar-refractivity contribution in [3.63, 3.8) is 0 Å². The van der Waals surface area contributed by atoms with E-state index in [0.717, 1.165) is 0 Å². The van der Waals surface area contributed by atoms with E-state index in [1.165, 1.54) is 13.0 Å². The maximum atomic E-state index is 12.2. The SMILES string of the molecule is [2H]C([2H])([2H])OC(=O)C(CC=C)(CC(=C)C)C(=O)OC([2H])([2H])[2H]. The Balaban J connectivity index is 5.79. The zero-order chi connectivity index (χ0) is 17.8. The number of rotatable bonds is 6. The first-order chi connectivity index (χ1) is 9.73. The molecule has 0 aromatic heterocycles. The molecule has 0 aromatic rings. The van der Waals surface area contributed by atoms with Crippen molar-refractivity contribution in [2.75, 3.05) is 14.1 Å². The lowest BCUT2D eigenvalue weighted by atomic mass is 9.79. The summed E-state index contributed by atoms with van der Waals surface area (Å²) in [5, 5.41) is 0. The molecule has 0 heterocycles. The Morgan fingerprint density at radius 2 is 1.88 bits per heavy atom. The molecule has 0 bridgehead atoms. The summed E-state index contributed by atoms with van der Waals surface area (Å²) >= 11 is 0. The van der Waals surface area contributed by atoms with Crippen LogP contribution in [0.2, 0.25) is 0 Å². The van der Waals surface area contributed by atoms with E-state index in [1.807, 2.05) is 0 Å². The second-order valence-electron chi connectivity index (χ2n) is 3.49. The topological polar surface area (TPSA) is 52.6 Å². The van der Waals surface area contributed by atoms with Gasteiger partial charge in [0.25, 0.3) is 0 Å². The maximum Gasteiger partial charge on any atom is 0.323 e. The van der Waals surface area contributed by atoms with Gasteiger partial charge in [0.1, 0.15) is 0 Å². The Morgan fingerprint density at radius 1 is 1.38 bits per heavy atom. The normalized spacial score (nSPS) is 17.6. The van der Waals surface area contributed by atoms with Crippen LogP contribution in [0.1, 0.15) is 28.0 Å². The minimum absolute atomic E-state index is 0.331. The zero-order valence-electron chi connectivity index (χ0n) is 15.0. The van der Waals surface area contributed by atoms with E-state index in [4.69, 9.17) is 8.22 Å². The Kier molecular flexibility index (Phi) is 2.63. The molecule has 0 aliphatic carbocycles. The molecule has 0 saturated carbocycles. The summed E-state index contributed by atoms with van der Waals surface area (Å²) in [7, 11) is -6.17. The minimum Gasteiger partial charge on any atom is -0.468 e. The summed E-state index contributed by atoms with van der Waals surface area (Å²) in [5.41, 5.74) is -1.82. The Morgan fingerprint density at radius 3 is 2.19 bits per heavy atom. The fraction of sp³-hybridized carbons (Fsp3) is 0.500. The summed E-state index contributed by atoms with van der Waals surface area (Å²) < 4.78 is 50.3. The van der Waals surface area contributed by atoms with E-state index in [0.29, 0.717) is 5.57 Å². The maximum absolute atomic E-state index is 12.2. The van der Waals surface area contributed by atoms with Crippen LogP contribution in [0.5, 0.6) is 0 Å². The first-order valence-corrected chi connectivity index (χ1v) is 4.46. The smallest absolute Gasteiger partial charge is 0.323 e. The van der Waals surface area contributed by atoms with Crippen molar-refractivity contribution in [1.82, 2.24) is 0 Å². The Labute approximate surface area is 104 Å². The van der Waals surface area contributed by atoms with Crippen molar-refractivity contribution in [1.29, 1.82) is 0 Å². The molecule has 0 atom stereocenters. The second-order valence-corrected chi connectivity index (χ2v) is 3.49. The molecule has 90 valence electrons. The van der Waals surface area contributed by atoms with Crippen LogP contribution < -0.4 is 0 Å². The fourth-order valence-corrected chi connectivity index (χ4v) is 1.42. The summed E-state index contributed by atoms with van der Waals surface area (Å²) in [6, 6.07) is 0. The predicted molar refractivity (Wildman–Crippen MR) is 60.7 cm³/mol. The lowest BCUT2D eigenvalue weighted by Crippen LogP contribution is -2.41. The highest BCUT2D eigenvalue weighted by molar-refractivity contribution is 6.00. The number of hydrogen-bond donors (Lipinski definition) is 0. The van der Waals surface area contributed by atoms with E-state index in [9.17, 15) is 9.59 Å². The van der Waals surface area contributed by atoms with Crippen molar-refractivity contribution in [3.05, 3.63) is 24.8 Å². The molecule has 4 heteroatoms. The minimum atomic E-state index is -3.08. The molecule has 0 aliphatic rings. The van der Waals surface area contributed by atoms with Crippen LogP contribution in [-0.4, -0.2) is 26.0 Å². The highest BCUT2D eigenvalue weighted by atomic mass is 16.5. The van der Waals surface area contributed by atoms with Gasteiger partial charge < -0.3 is 9.47 Å². The van der Waals surface area contributed by atoms with Gasteiger partial charge in [-0.2, -0.15) is 0 Å². The van der Waals surface area contributed by atoms with Crippen molar-refractivity contribution < 1.29 is 27.3 Å². The van der Waals surface area contributed by atoms with Gasteiger partial charge >= 0.3 is 11.9 Å². The highest BCUT2D eigenvalue weighted by Gasteiger charge is 2.47. The highest BCUT2D eigenvalue weighted by Crippen LogP contribution is 2.33. The molecule has 0 fully saturated rings. The second kappa shape index (κ2) is 6.10. The van der Waals surface area contributed by atoms with Gasteiger partial charge in [0.05, 0.1) is 22.3 Å². The molecule has 0 radical (unpaired) electrons. The van der Waals surface area contributed by atoms with Gasteiger partial charge in [0.2, 0.25) is 0 Å². The van der Waals surface area contributed by atoms with E-state index in [-0.39, 0.29) is 12.8 Å². The van der Waals surface area contributed by atoms with Crippen LogP contribution in [0.4, 0.5) is 0 Å². The third-order valence-electron chi connectivity index (χ3n) is 2.06. The third-order valence-corrected chi connectivity index (χ3v) is 2.06. The van der Waals surface area contributed by atoms with Crippen LogP contribution in [-0.2, 0) is 19.1 Å². The van der Waals surface area contributed by atoms with Crippen LogP contribution >= 0.6 is 0 Å². The number of carbonyl (C=O) groups excluding carboxylic acids is 2. The molecule has 0 aromatic carbocycles. The molecule has 0 amide bonds. The number of esters is 2. The number of methoxy groups -OCH3 is 2. The van der Waals surface area contributed by atoms with Gasteiger partial charge in [-0.25, -0.2) is 0 Å². The number of ether oxygens (including phenoxy) is 2. The monoisotopic (exact) mass is 232 g/mol. The average molecular weight is 232 g/mol. The average Bonchev–Trinajstić information content (AvgIpc) is 2.22.